The summed E-state index contributed by atoms with van der Waals surface area (Å²) >= 11 is 0. The minimum Gasteiger partial charge on any atom is -0.349 e. The minimum atomic E-state index is -0.0471. The van der Waals surface area contributed by atoms with E-state index in [2.05, 4.69) is 37.1 Å². The second-order valence-electron chi connectivity index (χ2n) is 8.94. The molecule has 4 nitrogen and oxygen atoms in total. The maximum absolute atomic E-state index is 12.4. The molecule has 2 fully saturated rings. The topological polar surface area (TPSA) is 56.1 Å². The number of amides is 1. The predicted molar refractivity (Wildman–Crippen MR) is 99.2 cm³/mol. The molecule has 134 valence electrons. The van der Waals surface area contributed by atoms with Gasteiger partial charge in [-0.2, -0.15) is 5.26 Å². The summed E-state index contributed by atoms with van der Waals surface area (Å²) in [6, 6.07) is 9.33. The molecule has 0 radical (unpaired) electrons. The van der Waals surface area contributed by atoms with Crippen LogP contribution in [0.5, 0.6) is 0 Å². The maximum atomic E-state index is 12.4. The Morgan fingerprint density at radius 2 is 2.08 bits per heavy atom. The summed E-state index contributed by atoms with van der Waals surface area (Å²) in [5, 5.41) is 12.2. The third-order valence-corrected chi connectivity index (χ3v) is 5.78. The van der Waals surface area contributed by atoms with Gasteiger partial charge in [-0.1, -0.05) is 26.8 Å². The molecule has 1 spiro atoms. The number of likely N-dealkylation sites (tertiary alicyclic amines) is 1. The molecule has 0 aromatic heterocycles. The standard InChI is InChI=1S/C21H29N3O/c1-20(2,3)7-10-24-11-8-21(9-12-24)14-18(21)23-19(25)17-6-4-5-16(13-17)15-22/h4-6,13,18H,7-12,14H2,1-3H3,(H,23,25). The van der Waals surface area contributed by atoms with Crippen molar-refractivity contribution in [2.45, 2.75) is 52.5 Å². The van der Waals surface area contributed by atoms with Crippen molar-refractivity contribution in [3.8, 4) is 6.07 Å². The first-order chi connectivity index (χ1) is 11.8. The monoisotopic (exact) mass is 339 g/mol. The lowest BCUT2D eigenvalue weighted by atomic mass is 9.89. The molecule has 1 amide bonds. The van der Waals surface area contributed by atoms with E-state index in [1.54, 1.807) is 24.3 Å². The molecule has 2 aliphatic rings. The smallest absolute Gasteiger partial charge is 0.251 e. The molecule has 25 heavy (non-hydrogen) atoms. The molecular weight excluding hydrogens is 310 g/mol. The summed E-state index contributed by atoms with van der Waals surface area (Å²) in [7, 11) is 0. The van der Waals surface area contributed by atoms with Crippen LogP contribution < -0.4 is 5.32 Å². The van der Waals surface area contributed by atoms with Crippen molar-refractivity contribution < 1.29 is 4.79 Å². The Morgan fingerprint density at radius 3 is 2.72 bits per heavy atom. The normalized spacial score (nSPS) is 22.4. The highest BCUT2D eigenvalue weighted by Gasteiger charge is 2.55. The van der Waals surface area contributed by atoms with E-state index in [1.165, 1.54) is 25.8 Å². The average molecular weight is 339 g/mol. The van der Waals surface area contributed by atoms with Gasteiger partial charge in [-0.3, -0.25) is 4.79 Å². The number of carbonyl (C=O) groups excluding carboxylic acids is 1. The van der Waals surface area contributed by atoms with Crippen LogP contribution in [0.2, 0.25) is 0 Å². The molecule has 1 unspecified atom stereocenters. The number of nitrogens with one attached hydrogen (secondary N) is 1. The Kier molecular flexibility index (Phi) is 4.88. The Bertz CT molecular complexity index is 675. The van der Waals surface area contributed by atoms with Crippen molar-refractivity contribution in [2.24, 2.45) is 10.8 Å². The fraction of sp³-hybridized carbons (Fsp3) is 0.619. The van der Waals surface area contributed by atoms with Gasteiger partial charge in [-0.15, -0.1) is 0 Å². The number of nitrogens with zero attached hydrogens (tertiary/aromatic N) is 2. The van der Waals surface area contributed by atoms with Crippen LogP contribution in [-0.2, 0) is 0 Å². The molecule has 1 saturated carbocycles. The van der Waals surface area contributed by atoms with Gasteiger partial charge in [0.2, 0.25) is 0 Å². The highest BCUT2D eigenvalue weighted by Crippen LogP contribution is 2.54. The highest BCUT2D eigenvalue weighted by atomic mass is 16.1. The zero-order valence-electron chi connectivity index (χ0n) is 15.6. The molecule has 1 aromatic carbocycles. The van der Waals surface area contributed by atoms with Crippen LogP contribution in [0, 0.1) is 22.2 Å². The van der Waals surface area contributed by atoms with E-state index >= 15 is 0 Å². The first-order valence-corrected chi connectivity index (χ1v) is 9.35. The van der Waals surface area contributed by atoms with Gasteiger partial charge in [0, 0.05) is 11.6 Å². The third-order valence-electron chi connectivity index (χ3n) is 5.78. The molecule has 1 aromatic rings. The fourth-order valence-electron chi connectivity index (χ4n) is 3.79. The van der Waals surface area contributed by atoms with Gasteiger partial charge in [0.15, 0.2) is 0 Å². The lowest BCUT2D eigenvalue weighted by Gasteiger charge is -2.34. The molecule has 1 saturated heterocycles. The second kappa shape index (κ2) is 6.80. The van der Waals surface area contributed by atoms with Crippen molar-refractivity contribution in [2.75, 3.05) is 19.6 Å². The number of carbonyl (C=O) groups is 1. The number of hydrogen-bond donors (Lipinski definition) is 1. The van der Waals surface area contributed by atoms with Crippen LogP contribution in [-0.4, -0.2) is 36.5 Å². The van der Waals surface area contributed by atoms with Crippen molar-refractivity contribution in [3.63, 3.8) is 0 Å². The first kappa shape index (κ1) is 17.9. The van der Waals surface area contributed by atoms with Crippen LogP contribution in [0.15, 0.2) is 24.3 Å². The molecule has 1 aliphatic carbocycles. The number of benzene rings is 1. The van der Waals surface area contributed by atoms with Crippen LogP contribution in [0.3, 0.4) is 0 Å². The SMILES string of the molecule is CC(C)(C)CCN1CCC2(CC1)CC2NC(=O)c1cccc(C#N)c1. The van der Waals surface area contributed by atoms with Gasteiger partial charge in [-0.05, 0) is 74.3 Å². The zero-order valence-corrected chi connectivity index (χ0v) is 15.6. The minimum absolute atomic E-state index is 0.0471. The summed E-state index contributed by atoms with van der Waals surface area (Å²) in [5.74, 6) is -0.0471. The lowest BCUT2D eigenvalue weighted by molar-refractivity contribution is 0.0932. The molecule has 1 aliphatic heterocycles. The maximum Gasteiger partial charge on any atom is 0.251 e. The van der Waals surface area contributed by atoms with Crippen molar-refractivity contribution in [3.05, 3.63) is 35.4 Å². The lowest BCUT2D eigenvalue weighted by Crippen LogP contribution is -2.39. The van der Waals surface area contributed by atoms with Crippen LogP contribution in [0.25, 0.3) is 0 Å². The molecule has 0 bridgehead atoms. The summed E-state index contributed by atoms with van der Waals surface area (Å²) < 4.78 is 0. The van der Waals surface area contributed by atoms with Gasteiger partial charge in [0.05, 0.1) is 11.6 Å². The van der Waals surface area contributed by atoms with Crippen molar-refractivity contribution in [1.82, 2.24) is 10.2 Å². The summed E-state index contributed by atoms with van der Waals surface area (Å²) in [6.45, 7) is 10.4. The van der Waals surface area contributed by atoms with E-state index in [1.807, 2.05) is 0 Å². The van der Waals surface area contributed by atoms with Crippen LogP contribution >= 0.6 is 0 Å². The molecule has 1 heterocycles. The van der Waals surface area contributed by atoms with E-state index in [9.17, 15) is 4.79 Å². The van der Waals surface area contributed by atoms with Crippen molar-refractivity contribution >= 4 is 5.91 Å². The van der Waals surface area contributed by atoms with E-state index in [0.717, 1.165) is 19.5 Å². The molecular formula is C21H29N3O. The molecule has 1 atom stereocenters. The van der Waals surface area contributed by atoms with Crippen molar-refractivity contribution in [1.29, 1.82) is 5.26 Å². The van der Waals surface area contributed by atoms with E-state index in [4.69, 9.17) is 5.26 Å². The zero-order chi connectivity index (χ0) is 18.1. The Labute approximate surface area is 151 Å². The Hall–Kier alpha value is -1.86. The quantitative estimate of drug-likeness (QED) is 0.912. The van der Waals surface area contributed by atoms with E-state index < -0.39 is 0 Å². The summed E-state index contributed by atoms with van der Waals surface area (Å²) in [5.41, 5.74) is 1.83. The largest absolute Gasteiger partial charge is 0.349 e. The number of rotatable bonds is 4. The first-order valence-electron chi connectivity index (χ1n) is 9.35. The van der Waals surface area contributed by atoms with Gasteiger partial charge < -0.3 is 10.2 Å². The van der Waals surface area contributed by atoms with Gasteiger partial charge in [-0.25, -0.2) is 0 Å². The average Bonchev–Trinajstić information content (AvgIpc) is 3.25. The number of hydrogen-bond acceptors (Lipinski definition) is 3. The Morgan fingerprint density at radius 1 is 1.36 bits per heavy atom. The predicted octanol–water partition coefficient (Wildman–Crippen LogP) is 3.58. The summed E-state index contributed by atoms with van der Waals surface area (Å²) in [4.78, 5) is 15.0. The van der Waals surface area contributed by atoms with Gasteiger partial charge in [0.1, 0.15) is 0 Å². The van der Waals surface area contributed by atoms with Gasteiger partial charge in [0.25, 0.3) is 5.91 Å². The van der Waals surface area contributed by atoms with Crippen LogP contribution in [0.1, 0.15) is 62.4 Å². The van der Waals surface area contributed by atoms with Gasteiger partial charge >= 0.3 is 0 Å². The highest BCUT2D eigenvalue weighted by molar-refractivity contribution is 5.95. The van der Waals surface area contributed by atoms with Crippen LogP contribution in [0.4, 0.5) is 0 Å². The summed E-state index contributed by atoms with van der Waals surface area (Å²) in [6.07, 6.45) is 4.69. The molecule has 4 heteroatoms. The third kappa shape index (κ3) is 4.41. The van der Waals surface area contributed by atoms with E-state index in [0.29, 0.717) is 28.0 Å². The fourth-order valence-corrected chi connectivity index (χ4v) is 3.79. The van der Waals surface area contributed by atoms with E-state index in [-0.39, 0.29) is 5.91 Å². The molecule has 1 N–H and O–H groups in total. The molecule has 3 rings (SSSR count). The second-order valence-corrected chi connectivity index (χ2v) is 8.94. The Balaban J connectivity index is 1.48. The number of piperidine rings is 1. The number of nitriles is 1.